The van der Waals surface area contributed by atoms with Crippen molar-refractivity contribution in [3.05, 3.63) is 41.6 Å². The molecule has 8 nitrogen and oxygen atoms in total. The molecule has 0 unspecified atom stereocenters. The zero-order chi connectivity index (χ0) is 20.7. The Labute approximate surface area is 179 Å². The number of thiophene rings is 1. The molecule has 1 aliphatic carbocycles. The van der Waals surface area contributed by atoms with Gasteiger partial charge in [0.25, 0.3) is 10.0 Å². The minimum atomic E-state index is -3.56. The van der Waals surface area contributed by atoms with Crippen molar-refractivity contribution in [3.8, 4) is 17.1 Å². The van der Waals surface area contributed by atoms with Crippen molar-refractivity contribution < 1.29 is 17.7 Å². The molecule has 0 amide bonds. The molecule has 0 radical (unpaired) electrons. The van der Waals surface area contributed by atoms with E-state index in [2.05, 4.69) is 15.0 Å². The fraction of sp³-hybridized carbons (Fsp3) is 0.400. The van der Waals surface area contributed by atoms with Gasteiger partial charge < -0.3 is 14.2 Å². The Hall–Kier alpha value is -2.43. The van der Waals surface area contributed by atoms with Gasteiger partial charge in [-0.2, -0.15) is 9.29 Å². The van der Waals surface area contributed by atoms with Crippen LogP contribution in [-0.4, -0.2) is 56.2 Å². The molecule has 1 aliphatic heterocycles. The molecule has 1 saturated carbocycles. The fourth-order valence-electron chi connectivity index (χ4n) is 3.61. The summed E-state index contributed by atoms with van der Waals surface area (Å²) in [7, 11) is -1.92. The van der Waals surface area contributed by atoms with Gasteiger partial charge in [0.2, 0.25) is 11.7 Å². The van der Waals surface area contributed by atoms with E-state index in [4.69, 9.17) is 9.26 Å². The zero-order valence-electron chi connectivity index (χ0n) is 16.5. The van der Waals surface area contributed by atoms with E-state index in [0.717, 1.165) is 24.3 Å². The predicted octanol–water partition coefficient (Wildman–Crippen LogP) is 3.20. The molecule has 0 N–H and O–H groups in total. The van der Waals surface area contributed by atoms with Crippen LogP contribution in [0.5, 0.6) is 5.75 Å². The monoisotopic (exact) mass is 446 g/mol. The van der Waals surface area contributed by atoms with Crippen molar-refractivity contribution in [3.63, 3.8) is 0 Å². The molecule has 3 aromatic rings. The lowest BCUT2D eigenvalue weighted by Crippen LogP contribution is -2.48. The Morgan fingerprint density at radius 1 is 1.17 bits per heavy atom. The molecule has 30 heavy (non-hydrogen) atoms. The minimum Gasteiger partial charge on any atom is -0.495 e. The van der Waals surface area contributed by atoms with E-state index in [9.17, 15) is 8.42 Å². The number of anilines is 1. The zero-order valence-corrected chi connectivity index (χ0v) is 18.2. The van der Waals surface area contributed by atoms with E-state index in [0.29, 0.717) is 53.6 Å². The van der Waals surface area contributed by atoms with E-state index < -0.39 is 10.0 Å². The molecule has 1 aromatic carbocycles. The quantitative estimate of drug-likeness (QED) is 0.574. The van der Waals surface area contributed by atoms with Crippen LogP contribution in [0.4, 0.5) is 5.69 Å². The van der Waals surface area contributed by atoms with Crippen molar-refractivity contribution in [2.45, 2.75) is 23.0 Å². The highest BCUT2D eigenvalue weighted by molar-refractivity contribution is 7.91. The van der Waals surface area contributed by atoms with Crippen LogP contribution in [0.3, 0.4) is 0 Å². The van der Waals surface area contributed by atoms with Crippen LogP contribution in [0.15, 0.2) is 44.4 Å². The van der Waals surface area contributed by atoms with Gasteiger partial charge in [-0.05, 0) is 31.0 Å². The third-order valence-electron chi connectivity index (χ3n) is 5.46. The van der Waals surface area contributed by atoms with Gasteiger partial charge in [-0.1, -0.05) is 17.3 Å². The van der Waals surface area contributed by atoms with E-state index in [1.807, 2.05) is 24.3 Å². The van der Waals surface area contributed by atoms with E-state index in [-0.39, 0.29) is 0 Å². The predicted molar refractivity (Wildman–Crippen MR) is 114 cm³/mol. The smallest absolute Gasteiger partial charge is 0.252 e. The third-order valence-corrected chi connectivity index (χ3v) is 8.77. The molecule has 0 bridgehead atoms. The second kappa shape index (κ2) is 7.68. The van der Waals surface area contributed by atoms with E-state index in [1.165, 1.54) is 11.3 Å². The summed E-state index contributed by atoms with van der Waals surface area (Å²) in [6.07, 6.45) is 2.15. The Bertz CT molecular complexity index is 1150. The van der Waals surface area contributed by atoms with Gasteiger partial charge in [0.15, 0.2) is 0 Å². The standard InChI is InChI=1S/C20H22N4O4S2/c1-27-17-5-3-2-4-16(17)23-8-10-24(11-9-23)30(25,26)18-12-15(13-29-18)19-21-20(28-22-19)14-6-7-14/h2-5,12-14H,6-11H2,1H3. The summed E-state index contributed by atoms with van der Waals surface area (Å²) in [5, 5.41) is 5.79. The molecule has 158 valence electrons. The van der Waals surface area contributed by atoms with Crippen LogP contribution in [0, 0.1) is 0 Å². The number of aromatic nitrogens is 2. The average Bonchev–Trinajstić information content (AvgIpc) is 3.29. The molecule has 2 aromatic heterocycles. The summed E-state index contributed by atoms with van der Waals surface area (Å²) in [6, 6.07) is 9.44. The first-order valence-corrected chi connectivity index (χ1v) is 12.2. The van der Waals surface area contributed by atoms with Gasteiger partial charge >= 0.3 is 0 Å². The molecular formula is C20H22N4O4S2. The third kappa shape index (κ3) is 3.59. The lowest BCUT2D eigenvalue weighted by atomic mass is 10.2. The minimum absolute atomic E-state index is 0.306. The summed E-state index contributed by atoms with van der Waals surface area (Å²) < 4.78 is 38.9. The van der Waals surface area contributed by atoms with Gasteiger partial charge in [0, 0.05) is 43.0 Å². The lowest BCUT2D eigenvalue weighted by molar-refractivity contribution is 0.379. The number of para-hydroxylation sites is 2. The van der Waals surface area contributed by atoms with Gasteiger partial charge in [-0.15, -0.1) is 11.3 Å². The van der Waals surface area contributed by atoms with E-state index in [1.54, 1.807) is 22.9 Å². The molecule has 0 spiro atoms. The highest BCUT2D eigenvalue weighted by Crippen LogP contribution is 2.40. The molecule has 2 aliphatic rings. The number of hydrogen-bond acceptors (Lipinski definition) is 8. The maximum atomic E-state index is 13.2. The Kier molecular flexibility index (Phi) is 5.00. The Balaban J connectivity index is 1.29. The fourth-order valence-corrected chi connectivity index (χ4v) is 6.34. The van der Waals surface area contributed by atoms with Crippen molar-refractivity contribution in [2.24, 2.45) is 0 Å². The molecule has 5 rings (SSSR count). The lowest BCUT2D eigenvalue weighted by Gasteiger charge is -2.35. The van der Waals surface area contributed by atoms with Crippen molar-refractivity contribution in [1.29, 1.82) is 0 Å². The van der Waals surface area contributed by atoms with Gasteiger partial charge in [0.05, 0.1) is 12.8 Å². The molecule has 2 fully saturated rings. The number of hydrogen-bond donors (Lipinski definition) is 0. The number of ether oxygens (including phenoxy) is 1. The number of methoxy groups -OCH3 is 1. The van der Waals surface area contributed by atoms with Crippen LogP contribution < -0.4 is 9.64 Å². The van der Waals surface area contributed by atoms with Crippen LogP contribution >= 0.6 is 11.3 Å². The normalized spacial score (nSPS) is 18.0. The van der Waals surface area contributed by atoms with Crippen molar-refractivity contribution >= 4 is 27.0 Å². The number of nitrogens with zero attached hydrogens (tertiary/aromatic N) is 4. The number of piperazine rings is 1. The summed E-state index contributed by atoms with van der Waals surface area (Å²) in [4.78, 5) is 6.57. The molecular weight excluding hydrogens is 424 g/mol. The van der Waals surface area contributed by atoms with Gasteiger partial charge in [0.1, 0.15) is 9.96 Å². The summed E-state index contributed by atoms with van der Waals surface area (Å²) >= 11 is 1.20. The topological polar surface area (TPSA) is 88.8 Å². The SMILES string of the molecule is COc1ccccc1N1CCN(S(=O)(=O)c2cc(-c3noc(C4CC4)n3)cs2)CC1. The number of sulfonamides is 1. The maximum Gasteiger partial charge on any atom is 0.252 e. The Morgan fingerprint density at radius 2 is 1.93 bits per heavy atom. The van der Waals surface area contributed by atoms with Gasteiger partial charge in [-0.3, -0.25) is 0 Å². The Morgan fingerprint density at radius 3 is 2.67 bits per heavy atom. The van der Waals surface area contributed by atoms with Crippen molar-refractivity contribution in [1.82, 2.24) is 14.4 Å². The van der Waals surface area contributed by atoms with E-state index >= 15 is 0 Å². The average molecular weight is 447 g/mol. The molecule has 3 heterocycles. The first-order valence-electron chi connectivity index (χ1n) is 9.87. The van der Waals surface area contributed by atoms with Crippen molar-refractivity contribution in [2.75, 3.05) is 38.2 Å². The van der Waals surface area contributed by atoms with Crippen LogP contribution in [0.2, 0.25) is 0 Å². The number of rotatable bonds is 6. The first kappa shape index (κ1) is 19.5. The van der Waals surface area contributed by atoms with Gasteiger partial charge in [-0.25, -0.2) is 8.42 Å². The summed E-state index contributed by atoms with van der Waals surface area (Å²) in [6.45, 7) is 2.05. The largest absolute Gasteiger partial charge is 0.495 e. The van der Waals surface area contributed by atoms with Crippen LogP contribution in [-0.2, 0) is 10.0 Å². The molecule has 10 heteroatoms. The highest BCUT2D eigenvalue weighted by Gasteiger charge is 2.32. The first-order chi connectivity index (χ1) is 14.6. The van der Waals surface area contributed by atoms with Crippen LogP contribution in [0.25, 0.3) is 11.4 Å². The highest BCUT2D eigenvalue weighted by atomic mass is 32.2. The second-order valence-electron chi connectivity index (χ2n) is 7.45. The molecule has 1 saturated heterocycles. The summed E-state index contributed by atoms with van der Waals surface area (Å²) in [5.41, 5.74) is 1.67. The van der Waals surface area contributed by atoms with Crippen LogP contribution in [0.1, 0.15) is 24.7 Å². The summed E-state index contributed by atoms with van der Waals surface area (Å²) in [5.74, 6) is 2.26. The number of benzene rings is 1. The maximum absolute atomic E-state index is 13.2. The second-order valence-corrected chi connectivity index (χ2v) is 10.5. The molecule has 0 atom stereocenters.